The predicted molar refractivity (Wildman–Crippen MR) is 52.3 cm³/mol. The van der Waals surface area contributed by atoms with Crippen molar-refractivity contribution in [2.24, 2.45) is 11.7 Å². The summed E-state index contributed by atoms with van der Waals surface area (Å²) in [5.74, 6) is -1.16. The maximum atomic E-state index is 13.0. The van der Waals surface area contributed by atoms with Gasteiger partial charge in [0.1, 0.15) is 11.6 Å². The molecule has 15 heavy (non-hydrogen) atoms. The standard InChI is InChI=1S/C11H13F2NO/c12-9-1-7(2-10(13)3-9)11(6-14)4-8(11)5-15/h1-3,8,15H,4-6,14H2/t8-,11?/m0/s1. The van der Waals surface area contributed by atoms with Crippen LogP contribution in [0.3, 0.4) is 0 Å². The second kappa shape index (κ2) is 3.54. The molecule has 3 N–H and O–H groups in total. The number of benzene rings is 1. The van der Waals surface area contributed by atoms with Gasteiger partial charge in [0.15, 0.2) is 0 Å². The van der Waals surface area contributed by atoms with Crippen molar-refractivity contribution in [3.63, 3.8) is 0 Å². The van der Waals surface area contributed by atoms with Gasteiger partial charge in [0, 0.05) is 24.6 Å². The largest absolute Gasteiger partial charge is 0.396 e. The lowest BCUT2D eigenvalue weighted by molar-refractivity contribution is 0.264. The smallest absolute Gasteiger partial charge is 0.126 e. The summed E-state index contributed by atoms with van der Waals surface area (Å²) in [7, 11) is 0. The SMILES string of the molecule is NCC1(c2cc(F)cc(F)c2)C[C@H]1CO. The lowest BCUT2D eigenvalue weighted by Gasteiger charge is -2.15. The van der Waals surface area contributed by atoms with E-state index in [1.54, 1.807) is 0 Å². The minimum Gasteiger partial charge on any atom is -0.396 e. The topological polar surface area (TPSA) is 46.2 Å². The summed E-state index contributed by atoms with van der Waals surface area (Å²) in [6.07, 6.45) is 0.697. The van der Waals surface area contributed by atoms with Gasteiger partial charge in [-0.15, -0.1) is 0 Å². The van der Waals surface area contributed by atoms with Crippen LogP contribution in [-0.4, -0.2) is 18.3 Å². The molecule has 2 atom stereocenters. The van der Waals surface area contributed by atoms with Crippen LogP contribution in [0.1, 0.15) is 12.0 Å². The van der Waals surface area contributed by atoms with Gasteiger partial charge in [-0.25, -0.2) is 8.78 Å². The Bertz CT molecular complexity index is 363. The summed E-state index contributed by atoms with van der Waals surface area (Å²) >= 11 is 0. The highest BCUT2D eigenvalue weighted by Crippen LogP contribution is 2.53. The van der Waals surface area contributed by atoms with Crippen molar-refractivity contribution in [1.29, 1.82) is 0 Å². The first kappa shape index (κ1) is 10.5. The average molecular weight is 213 g/mol. The number of halogens is 2. The van der Waals surface area contributed by atoms with Crippen molar-refractivity contribution >= 4 is 0 Å². The van der Waals surface area contributed by atoms with Gasteiger partial charge >= 0.3 is 0 Å². The molecule has 0 amide bonds. The van der Waals surface area contributed by atoms with Crippen LogP contribution in [0, 0.1) is 17.6 Å². The highest BCUT2D eigenvalue weighted by atomic mass is 19.1. The lowest BCUT2D eigenvalue weighted by Crippen LogP contribution is -2.23. The van der Waals surface area contributed by atoms with E-state index in [0.717, 1.165) is 6.07 Å². The highest BCUT2D eigenvalue weighted by Gasteiger charge is 2.53. The lowest BCUT2D eigenvalue weighted by atomic mass is 9.93. The summed E-state index contributed by atoms with van der Waals surface area (Å²) in [5, 5.41) is 9.03. The Balaban J connectivity index is 2.37. The molecule has 0 bridgehead atoms. The molecule has 1 aromatic carbocycles. The number of hydrogen-bond donors (Lipinski definition) is 2. The van der Waals surface area contributed by atoms with E-state index in [0.29, 0.717) is 18.5 Å². The fourth-order valence-corrected chi connectivity index (χ4v) is 2.18. The number of aliphatic hydroxyl groups excluding tert-OH is 1. The second-order valence-electron chi connectivity index (χ2n) is 4.10. The summed E-state index contributed by atoms with van der Waals surface area (Å²) < 4.78 is 26.0. The van der Waals surface area contributed by atoms with Crippen molar-refractivity contribution in [3.8, 4) is 0 Å². The number of nitrogens with two attached hydrogens (primary N) is 1. The number of hydrogen-bond acceptors (Lipinski definition) is 2. The molecular formula is C11H13F2NO. The molecule has 0 radical (unpaired) electrons. The molecule has 2 nitrogen and oxygen atoms in total. The number of rotatable bonds is 3. The molecule has 4 heteroatoms. The quantitative estimate of drug-likeness (QED) is 0.791. The summed E-state index contributed by atoms with van der Waals surface area (Å²) in [4.78, 5) is 0. The summed E-state index contributed by atoms with van der Waals surface area (Å²) in [5.41, 5.74) is 5.75. The Morgan fingerprint density at radius 1 is 1.33 bits per heavy atom. The molecule has 0 saturated heterocycles. The molecule has 0 aliphatic heterocycles. The Morgan fingerprint density at radius 3 is 2.33 bits per heavy atom. The molecule has 1 aromatic rings. The normalized spacial score (nSPS) is 29.2. The molecule has 1 fully saturated rings. The van der Waals surface area contributed by atoms with Gasteiger partial charge in [0.2, 0.25) is 0 Å². The summed E-state index contributed by atoms with van der Waals surface area (Å²) in [6.45, 7) is 0.316. The van der Waals surface area contributed by atoms with Crippen LogP contribution in [0.25, 0.3) is 0 Å². The molecular weight excluding hydrogens is 200 g/mol. The maximum absolute atomic E-state index is 13.0. The Morgan fingerprint density at radius 2 is 1.93 bits per heavy atom. The third-order valence-corrected chi connectivity index (χ3v) is 3.25. The Kier molecular flexibility index (Phi) is 2.48. The first-order valence-electron chi connectivity index (χ1n) is 4.90. The fourth-order valence-electron chi connectivity index (χ4n) is 2.18. The van der Waals surface area contributed by atoms with Crippen LogP contribution >= 0.6 is 0 Å². The van der Waals surface area contributed by atoms with Crippen molar-refractivity contribution in [1.82, 2.24) is 0 Å². The molecule has 0 aromatic heterocycles. The zero-order valence-corrected chi connectivity index (χ0v) is 8.21. The van der Waals surface area contributed by atoms with Gasteiger partial charge in [-0.2, -0.15) is 0 Å². The van der Waals surface area contributed by atoms with E-state index in [-0.39, 0.29) is 12.5 Å². The van der Waals surface area contributed by atoms with Crippen LogP contribution in [0.2, 0.25) is 0 Å². The van der Waals surface area contributed by atoms with Crippen LogP contribution in [0.5, 0.6) is 0 Å². The van der Waals surface area contributed by atoms with Crippen LogP contribution in [0.4, 0.5) is 8.78 Å². The fraction of sp³-hybridized carbons (Fsp3) is 0.455. The molecule has 0 heterocycles. The van der Waals surface area contributed by atoms with Crippen LogP contribution in [0.15, 0.2) is 18.2 Å². The first-order chi connectivity index (χ1) is 7.12. The predicted octanol–water partition coefficient (Wildman–Crippen LogP) is 1.17. The zero-order valence-electron chi connectivity index (χ0n) is 8.21. The van der Waals surface area contributed by atoms with Crippen molar-refractivity contribution in [3.05, 3.63) is 35.4 Å². The van der Waals surface area contributed by atoms with Gasteiger partial charge in [0.05, 0.1) is 0 Å². The minimum atomic E-state index is -0.596. The van der Waals surface area contributed by atoms with Gasteiger partial charge in [-0.1, -0.05) is 0 Å². The highest BCUT2D eigenvalue weighted by molar-refractivity contribution is 5.35. The summed E-state index contributed by atoms with van der Waals surface area (Å²) in [6, 6.07) is 3.43. The van der Waals surface area contributed by atoms with Gasteiger partial charge in [0.25, 0.3) is 0 Å². The van der Waals surface area contributed by atoms with E-state index < -0.39 is 17.0 Å². The molecule has 1 aliphatic rings. The molecule has 1 aliphatic carbocycles. The maximum Gasteiger partial charge on any atom is 0.126 e. The molecule has 1 saturated carbocycles. The second-order valence-corrected chi connectivity index (χ2v) is 4.10. The molecule has 0 spiro atoms. The van der Waals surface area contributed by atoms with Gasteiger partial charge in [-0.05, 0) is 30.0 Å². The van der Waals surface area contributed by atoms with E-state index in [4.69, 9.17) is 10.8 Å². The van der Waals surface area contributed by atoms with Crippen LogP contribution in [-0.2, 0) is 5.41 Å². The van der Waals surface area contributed by atoms with Gasteiger partial charge in [-0.3, -0.25) is 0 Å². The van der Waals surface area contributed by atoms with E-state index >= 15 is 0 Å². The minimum absolute atomic E-state index is 0.00926. The Labute approximate surface area is 86.7 Å². The van der Waals surface area contributed by atoms with Crippen molar-refractivity contribution in [2.75, 3.05) is 13.2 Å². The van der Waals surface area contributed by atoms with Gasteiger partial charge < -0.3 is 10.8 Å². The third-order valence-electron chi connectivity index (χ3n) is 3.25. The molecule has 82 valence electrons. The Hall–Kier alpha value is -1.00. The van der Waals surface area contributed by atoms with E-state index in [1.807, 2.05) is 0 Å². The van der Waals surface area contributed by atoms with E-state index in [9.17, 15) is 8.78 Å². The average Bonchev–Trinajstić information content (AvgIpc) is 2.91. The molecule has 2 rings (SSSR count). The van der Waals surface area contributed by atoms with E-state index in [2.05, 4.69) is 0 Å². The molecule has 1 unspecified atom stereocenters. The third kappa shape index (κ3) is 1.64. The number of aliphatic hydroxyl groups is 1. The van der Waals surface area contributed by atoms with E-state index in [1.165, 1.54) is 12.1 Å². The monoisotopic (exact) mass is 213 g/mol. The van der Waals surface area contributed by atoms with Crippen LogP contribution < -0.4 is 5.73 Å². The first-order valence-corrected chi connectivity index (χ1v) is 4.90. The van der Waals surface area contributed by atoms with Crippen molar-refractivity contribution < 1.29 is 13.9 Å². The zero-order chi connectivity index (χ0) is 11.1. The van der Waals surface area contributed by atoms with Crippen molar-refractivity contribution in [2.45, 2.75) is 11.8 Å².